The molecule has 2 unspecified atom stereocenters. The molecule has 0 aliphatic carbocycles. The van der Waals surface area contributed by atoms with Crippen LogP contribution in [0.5, 0.6) is 0 Å². The van der Waals surface area contributed by atoms with Crippen LogP contribution in [-0.2, 0) is 6.18 Å². The van der Waals surface area contributed by atoms with E-state index in [1.807, 2.05) is 0 Å². The predicted octanol–water partition coefficient (Wildman–Crippen LogP) is 2.48. The predicted molar refractivity (Wildman–Crippen MR) is 69.6 cm³/mol. The highest BCUT2D eigenvalue weighted by Crippen LogP contribution is 2.28. The van der Waals surface area contributed by atoms with Gasteiger partial charge in [-0.15, -0.1) is 0 Å². The molecule has 0 aromatic carbocycles. The molecule has 1 aromatic rings. The summed E-state index contributed by atoms with van der Waals surface area (Å²) in [6, 6.07) is 1.89. The average Bonchev–Trinajstić information content (AvgIpc) is 2.84. The van der Waals surface area contributed by atoms with Crippen molar-refractivity contribution >= 4 is 5.91 Å². The van der Waals surface area contributed by atoms with Gasteiger partial charge in [-0.3, -0.25) is 9.78 Å². The third-order valence-corrected chi connectivity index (χ3v) is 3.55. The second kappa shape index (κ2) is 6.01. The van der Waals surface area contributed by atoms with E-state index in [0.717, 1.165) is 31.2 Å². The second-order valence-corrected chi connectivity index (χ2v) is 5.31. The molecule has 116 valence electrons. The van der Waals surface area contributed by atoms with Gasteiger partial charge in [0.15, 0.2) is 0 Å². The van der Waals surface area contributed by atoms with Gasteiger partial charge in [0, 0.05) is 18.8 Å². The van der Waals surface area contributed by atoms with Crippen LogP contribution in [0, 0.1) is 0 Å². The minimum Gasteiger partial charge on any atom is -0.393 e. The maximum absolute atomic E-state index is 12.4. The molecule has 1 aromatic heterocycles. The Morgan fingerprint density at radius 1 is 1.52 bits per heavy atom. The zero-order valence-electron chi connectivity index (χ0n) is 11.6. The first kappa shape index (κ1) is 15.8. The van der Waals surface area contributed by atoms with E-state index in [0.29, 0.717) is 13.0 Å². The highest BCUT2D eigenvalue weighted by atomic mass is 19.4. The summed E-state index contributed by atoms with van der Waals surface area (Å²) < 4.78 is 37.3. The zero-order valence-corrected chi connectivity index (χ0v) is 11.6. The number of alkyl halides is 3. The molecular formula is C14H17F3N2O2. The monoisotopic (exact) mass is 302 g/mol. The number of nitrogens with zero attached hydrogens (tertiary/aromatic N) is 2. The Morgan fingerprint density at radius 3 is 2.76 bits per heavy atom. The van der Waals surface area contributed by atoms with Gasteiger partial charge in [0.25, 0.3) is 5.91 Å². The van der Waals surface area contributed by atoms with Gasteiger partial charge in [-0.1, -0.05) is 0 Å². The summed E-state index contributed by atoms with van der Waals surface area (Å²) in [5.41, 5.74) is -0.874. The van der Waals surface area contributed by atoms with E-state index in [1.54, 1.807) is 11.8 Å². The zero-order chi connectivity index (χ0) is 15.6. The van der Waals surface area contributed by atoms with Gasteiger partial charge < -0.3 is 10.0 Å². The number of hydrogen-bond donors (Lipinski definition) is 1. The molecule has 7 heteroatoms. The lowest BCUT2D eigenvalue weighted by atomic mass is 10.1. The molecular weight excluding hydrogens is 285 g/mol. The first-order valence-electron chi connectivity index (χ1n) is 6.81. The molecule has 0 saturated carbocycles. The maximum atomic E-state index is 12.4. The number of pyridine rings is 1. The van der Waals surface area contributed by atoms with Gasteiger partial charge >= 0.3 is 6.18 Å². The first-order chi connectivity index (χ1) is 9.79. The van der Waals surface area contributed by atoms with Gasteiger partial charge in [0.2, 0.25) is 0 Å². The van der Waals surface area contributed by atoms with Crippen LogP contribution in [0.4, 0.5) is 13.2 Å². The van der Waals surface area contributed by atoms with Crippen molar-refractivity contribution < 1.29 is 23.1 Å². The van der Waals surface area contributed by atoms with Crippen molar-refractivity contribution in [1.29, 1.82) is 0 Å². The Morgan fingerprint density at radius 2 is 2.24 bits per heavy atom. The molecule has 1 aliphatic rings. The van der Waals surface area contributed by atoms with Gasteiger partial charge in [-0.25, -0.2) is 0 Å². The van der Waals surface area contributed by atoms with Gasteiger partial charge in [-0.05, 0) is 38.3 Å². The Kier molecular flexibility index (Phi) is 4.51. The lowest BCUT2D eigenvalue weighted by Crippen LogP contribution is -2.37. The molecule has 1 fully saturated rings. The molecule has 0 radical (unpaired) electrons. The fourth-order valence-corrected chi connectivity index (χ4v) is 2.60. The fourth-order valence-electron chi connectivity index (χ4n) is 2.60. The number of aromatic nitrogens is 1. The van der Waals surface area contributed by atoms with Crippen LogP contribution in [0.1, 0.15) is 42.2 Å². The summed E-state index contributed by atoms with van der Waals surface area (Å²) in [6.45, 7) is 2.21. The summed E-state index contributed by atoms with van der Waals surface area (Å²) >= 11 is 0. The number of aliphatic hydroxyl groups is 1. The first-order valence-corrected chi connectivity index (χ1v) is 6.81. The number of aliphatic hydroxyl groups excluding tert-OH is 1. The van der Waals surface area contributed by atoms with Crippen LogP contribution in [0.2, 0.25) is 0 Å². The van der Waals surface area contributed by atoms with Crippen LogP contribution in [0.3, 0.4) is 0 Å². The topological polar surface area (TPSA) is 53.4 Å². The number of likely N-dealkylation sites (tertiary alicyclic amines) is 1. The van der Waals surface area contributed by atoms with Crippen molar-refractivity contribution in [1.82, 2.24) is 9.88 Å². The Balaban J connectivity index is 2.12. The van der Waals surface area contributed by atoms with E-state index in [1.165, 1.54) is 0 Å². The molecule has 1 saturated heterocycles. The summed E-state index contributed by atoms with van der Waals surface area (Å²) in [6.07, 6.45) is -1.97. The molecule has 1 N–H and O–H groups in total. The molecule has 2 rings (SSSR count). The van der Waals surface area contributed by atoms with Crippen molar-refractivity contribution in [3.8, 4) is 0 Å². The quantitative estimate of drug-likeness (QED) is 0.933. The summed E-state index contributed by atoms with van der Waals surface area (Å²) in [7, 11) is 0. The lowest BCUT2D eigenvalue weighted by Gasteiger charge is -2.25. The van der Waals surface area contributed by atoms with Crippen molar-refractivity contribution in [3.63, 3.8) is 0 Å². The Bertz CT molecular complexity index is 500. The molecule has 21 heavy (non-hydrogen) atoms. The SMILES string of the molecule is CC(O)CC1CCCN1C(=O)c1ccc(C(F)(F)F)nc1. The number of carbonyl (C=O) groups is 1. The number of amides is 1. The van der Waals surface area contributed by atoms with Crippen LogP contribution in [-0.4, -0.2) is 39.6 Å². The Labute approximate surface area is 120 Å². The van der Waals surface area contributed by atoms with E-state index in [-0.39, 0.29) is 17.5 Å². The number of carbonyl (C=O) groups excluding carboxylic acids is 1. The van der Waals surface area contributed by atoms with Crippen LogP contribution < -0.4 is 0 Å². The number of halogens is 3. The minimum atomic E-state index is -4.51. The molecule has 1 amide bonds. The molecule has 0 spiro atoms. The van der Waals surface area contributed by atoms with Gasteiger partial charge in [0.05, 0.1) is 11.7 Å². The van der Waals surface area contributed by atoms with E-state index in [9.17, 15) is 23.1 Å². The van der Waals surface area contributed by atoms with Crippen molar-refractivity contribution in [2.45, 2.75) is 44.5 Å². The van der Waals surface area contributed by atoms with E-state index >= 15 is 0 Å². The third kappa shape index (κ3) is 3.72. The van der Waals surface area contributed by atoms with E-state index in [4.69, 9.17) is 0 Å². The van der Waals surface area contributed by atoms with Crippen molar-refractivity contribution in [2.24, 2.45) is 0 Å². The number of rotatable bonds is 3. The average molecular weight is 302 g/mol. The summed E-state index contributed by atoms with van der Waals surface area (Å²) in [4.78, 5) is 17.2. The molecule has 4 nitrogen and oxygen atoms in total. The minimum absolute atomic E-state index is 0.0696. The number of hydrogen-bond acceptors (Lipinski definition) is 3. The fraction of sp³-hybridized carbons (Fsp3) is 0.571. The molecule has 2 heterocycles. The highest BCUT2D eigenvalue weighted by Gasteiger charge is 2.33. The Hall–Kier alpha value is -1.63. The molecule has 2 atom stereocenters. The van der Waals surface area contributed by atoms with Crippen LogP contribution in [0.15, 0.2) is 18.3 Å². The van der Waals surface area contributed by atoms with E-state index in [2.05, 4.69) is 4.98 Å². The largest absolute Gasteiger partial charge is 0.433 e. The van der Waals surface area contributed by atoms with Crippen molar-refractivity contribution in [2.75, 3.05) is 6.54 Å². The third-order valence-electron chi connectivity index (χ3n) is 3.55. The van der Waals surface area contributed by atoms with Crippen LogP contribution >= 0.6 is 0 Å². The van der Waals surface area contributed by atoms with Gasteiger partial charge in [-0.2, -0.15) is 13.2 Å². The maximum Gasteiger partial charge on any atom is 0.433 e. The standard InChI is InChI=1S/C14H17F3N2O2/c1-9(20)7-11-3-2-6-19(11)13(21)10-4-5-12(18-8-10)14(15,16)17/h4-5,8-9,11,20H,2-3,6-7H2,1H3. The molecule has 1 aliphatic heterocycles. The normalized spacial score (nSPS) is 20.6. The van der Waals surface area contributed by atoms with E-state index < -0.39 is 18.0 Å². The summed E-state index contributed by atoms with van der Waals surface area (Å²) in [5, 5.41) is 9.43. The summed E-state index contributed by atoms with van der Waals surface area (Å²) in [5.74, 6) is -0.334. The van der Waals surface area contributed by atoms with Crippen LogP contribution in [0.25, 0.3) is 0 Å². The van der Waals surface area contributed by atoms with Crippen molar-refractivity contribution in [3.05, 3.63) is 29.6 Å². The second-order valence-electron chi connectivity index (χ2n) is 5.31. The smallest absolute Gasteiger partial charge is 0.393 e. The van der Waals surface area contributed by atoms with Gasteiger partial charge in [0.1, 0.15) is 5.69 Å². The highest BCUT2D eigenvalue weighted by molar-refractivity contribution is 5.94. The lowest BCUT2D eigenvalue weighted by molar-refractivity contribution is -0.141. The molecule has 0 bridgehead atoms.